The van der Waals surface area contributed by atoms with Gasteiger partial charge >= 0.3 is 0 Å². The van der Waals surface area contributed by atoms with E-state index in [-0.39, 0.29) is 12.2 Å². The van der Waals surface area contributed by atoms with Crippen LogP contribution in [-0.4, -0.2) is 33.0 Å². The van der Waals surface area contributed by atoms with E-state index in [4.69, 9.17) is 4.74 Å². The maximum atomic E-state index is 12.6. The van der Waals surface area contributed by atoms with Crippen LogP contribution >= 0.6 is 0 Å². The SMILES string of the molecule is Cc1ccc2ncc(C(=O)N[C@@H]3COc4ccccc4[C@H]3O)c(=O)n2c1. The van der Waals surface area contributed by atoms with Gasteiger partial charge in [0.1, 0.15) is 29.7 Å². The highest BCUT2D eigenvalue weighted by Gasteiger charge is 2.31. The normalized spacial score (nSPS) is 18.8. The van der Waals surface area contributed by atoms with Crippen LogP contribution in [0.4, 0.5) is 0 Å². The van der Waals surface area contributed by atoms with Gasteiger partial charge in [-0.25, -0.2) is 4.98 Å². The molecule has 3 aromatic rings. The quantitative estimate of drug-likeness (QED) is 0.724. The molecule has 26 heavy (non-hydrogen) atoms. The van der Waals surface area contributed by atoms with E-state index in [2.05, 4.69) is 10.3 Å². The van der Waals surface area contributed by atoms with Gasteiger partial charge in [-0.2, -0.15) is 0 Å². The van der Waals surface area contributed by atoms with E-state index in [0.717, 1.165) is 5.56 Å². The smallest absolute Gasteiger partial charge is 0.270 e. The molecule has 1 amide bonds. The first kappa shape index (κ1) is 16.3. The number of rotatable bonds is 2. The Hall–Kier alpha value is -3.19. The van der Waals surface area contributed by atoms with Crippen LogP contribution in [0.3, 0.4) is 0 Å². The Balaban J connectivity index is 1.62. The molecule has 3 heterocycles. The fourth-order valence-corrected chi connectivity index (χ4v) is 3.05. The zero-order valence-corrected chi connectivity index (χ0v) is 14.0. The molecule has 7 nitrogen and oxygen atoms in total. The number of carbonyl (C=O) groups is 1. The molecule has 1 aromatic carbocycles. The highest BCUT2D eigenvalue weighted by molar-refractivity contribution is 5.94. The molecule has 7 heteroatoms. The van der Waals surface area contributed by atoms with Crippen molar-refractivity contribution in [1.82, 2.24) is 14.7 Å². The van der Waals surface area contributed by atoms with Gasteiger partial charge in [-0.1, -0.05) is 24.3 Å². The Kier molecular flexibility index (Phi) is 3.93. The number of aromatic nitrogens is 2. The van der Waals surface area contributed by atoms with Crippen molar-refractivity contribution in [2.24, 2.45) is 0 Å². The Morgan fingerprint density at radius 1 is 1.31 bits per heavy atom. The average molecular weight is 351 g/mol. The second kappa shape index (κ2) is 6.27. The Morgan fingerprint density at radius 2 is 2.12 bits per heavy atom. The zero-order chi connectivity index (χ0) is 18.3. The molecule has 2 aromatic heterocycles. The summed E-state index contributed by atoms with van der Waals surface area (Å²) in [6.45, 7) is 1.97. The van der Waals surface area contributed by atoms with Crippen LogP contribution in [0, 0.1) is 6.92 Å². The number of aryl methyl sites for hydroxylation is 1. The van der Waals surface area contributed by atoms with Crippen molar-refractivity contribution in [3.63, 3.8) is 0 Å². The molecule has 0 bridgehead atoms. The van der Waals surface area contributed by atoms with Crippen molar-refractivity contribution in [3.8, 4) is 5.75 Å². The van der Waals surface area contributed by atoms with Gasteiger partial charge in [0, 0.05) is 18.0 Å². The van der Waals surface area contributed by atoms with E-state index in [0.29, 0.717) is 17.0 Å². The van der Waals surface area contributed by atoms with E-state index in [1.807, 2.05) is 19.1 Å². The van der Waals surface area contributed by atoms with Crippen LogP contribution in [0.15, 0.2) is 53.6 Å². The van der Waals surface area contributed by atoms with Crippen molar-refractivity contribution in [1.29, 1.82) is 0 Å². The minimum Gasteiger partial charge on any atom is -0.491 e. The monoisotopic (exact) mass is 351 g/mol. The second-order valence-electron chi connectivity index (χ2n) is 6.29. The lowest BCUT2D eigenvalue weighted by Crippen LogP contribution is -2.46. The van der Waals surface area contributed by atoms with E-state index < -0.39 is 23.6 Å². The van der Waals surface area contributed by atoms with Gasteiger partial charge < -0.3 is 15.2 Å². The third kappa shape index (κ3) is 2.72. The highest BCUT2D eigenvalue weighted by Crippen LogP contribution is 2.31. The van der Waals surface area contributed by atoms with E-state index in [9.17, 15) is 14.7 Å². The molecule has 0 unspecified atom stereocenters. The number of ether oxygens (including phenoxy) is 1. The predicted octanol–water partition coefficient (Wildman–Crippen LogP) is 1.23. The number of nitrogens with zero attached hydrogens (tertiary/aromatic N) is 2. The number of para-hydroxylation sites is 1. The van der Waals surface area contributed by atoms with Crippen LogP contribution in [0.1, 0.15) is 27.6 Å². The summed E-state index contributed by atoms with van der Waals surface area (Å²) in [6, 6.07) is 10.0. The van der Waals surface area contributed by atoms with Gasteiger partial charge in [0.2, 0.25) is 0 Å². The van der Waals surface area contributed by atoms with Crippen molar-refractivity contribution in [2.45, 2.75) is 19.1 Å². The van der Waals surface area contributed by atoms with Crippen molar-refractivity contribution in [3.05, 3.63) is 75.8 Å². The Labute approximate surface area is 148 Å². The average Bonchev–Trinajstić information content (AvgIpc) is 2.65. The van der Waals surface area contributed by atoms with E-state index >= 15 is 0 Å². The van der Waals surface area contributed by atoms with E-state index in [1.165, 1.54) is 10.6 Å². The van der Waals surface area contributed by atoms with Gasteiger partial charge in [0.05, 0.1) is 6.04 Å². The van der Waals surface area contributed by atoms with Crippen molar-refractivity contribution >= 4 is 11.6 Å². The molecule has 0 fully saturated rings. The molecule has 0 radical (unpaired) electrons. The predicted molar refractivity (Wildman–Crippen MR) is 94.4 cm³/mol. The number of aliphatic hydroxyl groups is 1. The molecule has 0 saturated heterocycles. The number of hydrogen-bond donors (Lipinski definition) is 2. The molecule has 132 valence electrons. The zero-order valence-electron chi connectivity index (χ0n) is 14.0. The highest BCUT2D eigenvalue weighted by atomic mass is 16.5. The number of hydrogen-bond acceptors (Lipinski definition) is 5. The summed E-state index contributed by atoms with van der Waals surface area (Å²) in [4.78, 5) is 29.4. The van der Waals surface area contributed by atoms with Crippen LogP contribution in [0.25, 0.3) is 5.65 Å². The number of fused-ring (bicyclic) bond motifs is 2. The summed E-state index contributed by atoms with van der Waals surface area (Å²) in [5, 5.41) is 13.2. The van der Waals surface area contributed by atoms with Crippen molar-refractivity contribution < 1.29 is 14.6 Å². The fourth-order valence-electron chi connectivity index (χ4n) is 3.05. The summed E-state index contributed by atoms with van der Waals surface area (Å²) in [7, 11) is 0. The summed E-state index contributed by atoms with van der Waals surface area (Å²) >= 11 is 0. The van der Waals surface area contributed by atoms with Crippen LogP contribution < -0.4 is 15.6 Å². The number of carbonyl (C=O) groups excluding carboxylic acids is 1. The number of nitrogens with one attached hydrogen (secondary N) is 1. The summed E-state index contributed by atoms with van der Waals surface area (Å²) in [5.41, 5.74) is 1.41. The van der Waals surface area contributed by atoms with Gasteiger partial charge in [-0.05, 0) is 24.6 Å². The lowest BCUT2D eigenvalue weighted by Gasteiger charge is -2.30. The van der Waals surface area contributed by atoms with Gasteiger partial charge in [-0.3, -0.25) is 14.0 Å². The third-order valence-electron chi connectivity index (χ3n) is 4.45. The van der Waals surface area contributed by atoms with Gasteiger partial charge in [0.15, 0.2) is 0 Å². The first-order valence-electron chi connectivity index (χ1n) is 8.23. The molecule has 1 aliphatic rings. The van der Waals surface area contributed by atoms with Crippen LogP contribution in [0.2, 0.25) is 0 Å². The Bertz CT molecular complexity index is 1060. The number of benzene rings is 1. The van der Waals surface area contributed by atoms with Crippen molar-refractivity contribution in [2.75, 3.05) is 6.61 Å². The molecule has 0 spiro atoms. The molecule has 1 aliphatic heterocycles. The van der Waals surface area contributed by atoms with Gasteiger partial charge in [-0.15, -0.1) is 0 Å². The molecule has 0 aliphatic carbocycles. The number of aliphatic hydroxyl groups excluding tert-OH is 1. The van der Waals surface area contributed by atoms with Crippen LogP contribution in [-0.2, 0) is 0 Å². The molecular formula is C19H17N3O4. The number of amides is 1. The number of pyridine rings is 1. The lowest BCUT2D eigenvalue weighted by atomic mass is 9.99. The largest absolute Gasteiger partial charge is 0.491 e. The summed E-state index contributed by atoms with van der Waals surface area (Å²) < 4.78 is 6.93. The first-order valence-corrected chi connectivity index (χ1v) is 8.23. The minimum absolute atomic E-state index is 0.0841. The van der Waals surface area contributed by atoms with Gasteiger partial charge in [0.25, 0.3) is 11.5 Å². The molecule has 0 saturated carbocycles. The maximum absolute atomic E-state index is 12.6. The third-order valence-corrected chi connectivity index (χ3v) is 4.45. The summed E-state index contributed by atoms with van der Waals surface area (Å²) in [5.74, 6) is -0.00106. The maximum Gasteiger partial charge on any atom is 0.270 e. The van der Waals surface area contributed by atoms with E-state index in [1.54, 1.807) is 30.5 Å². The molecular weight excluding hydrogens is 334 g/mol. The minimum atomic E-state index is -0.915. The topological polar surface area (TPSA) is 92.9 Å². The molecule has 2 N–H and O–H groups in total. The summed E-state index contributed by atoms with van der Waals surface area (Å²) in [6.07, 6.45) is 1.98. The lowest BCUT2D eigenvalue weighted by molar-refractivity contribution is 0.0615. The van der Waals surface area contributed by atoms with Crippen LogP contribution in [0.5, 0.6) is 5.75 Å². The molecule has 2 atom stereocenters. The second-order valence-corrected chi connectivity index (χ2v) is 6.29. The fraction of sp³-hybridized carbons (Fsp3) is 0.211. The Morgan fingerprint density at radius 3 is 2.96 bits per heavy atom. The first-order chi connectivity index (χ1) is 12.5. The molecule has 4 rings (SSSR count). The standard InChI is InChI=1S/C19H17N3O4/c1-11-6-7-16-20-8-13(19(25)22(16)9-11)18(24)21-14-10-26-15-5-3-2-4-12(15)17(14)23/h2-9,14,17,23H,10H2,1H3,(H,21,24)/t14-,17-/m1/s1.